The molecule has 0 radical (unpaired) electrons. The first kappa shape index (κ1) is 23.4. The van der Waals surface area contributed by atoms with E-state index in [1.54, 1.807) is 12.1 Å². The molecular weight excluding hydrogens is 460 g/mol. The van der Waals surface area contributed by atoms with Gasteiger partial charge in [-0.3, -0.25) is 10.1 Å². The van der Waals surface area contributed by atoms with Crippen molar-refractivity contribution < 1.29 is 9.59 Å². The number of likely N-dealkylation sites (tertiary alicyclic amines) is 1. The highest BCUT2D eigenvalue weighted by Gasteiger charge is 2.51. The zero-order valence-electron chi connectivity index (χ0n) is 19.5. The number of urea groups is 1. The van der Waals surface area contributed by atoms with Crippen LogP contribution in [0.3, 0.4) is 0 Å². The molecule has 2 saturated heterocycles. The second-order valence-electron chi connectivity index (χ2n) is 9.26. The number of piperidine rings is 1. The third-order valence-electron chi connectivity index (χ3n) is 6.94. The monoisotopic (exact) mass is 488 g/mol. The first-order chi connectivity index (χ1) is 17.0. The molecule has 5 rings (SSSR count). The van der Waals surface area contributed by atoms with Gasteiger partial charge in [0.25, 0.3) is 0 Å². The van der Waals surface area contributed by atoms with E-state index in [0.717, 1.165) is 11.1 Å². The minimum atomic E-state index is -0.473. The van der Waals surface area contributed by atoms with Crippen LogP contribution < -0.4 is 10.6 Å². The lowest BCUT2D eigenvalue weighted by Crippen LogP contribution is -2.59. The topological polar surface area (TPSA) is 64.7 Å². The number of nitrogens with zero attached hydrogens (tertiary/aromatic N) is 2. The molecule has 1 atom stereocenters. The normalized spacial score (nSPS) is 19.2. The third-order valence-corrected chi connectivity index (χ3v) is 7.18. The van der Waals surface area contributed by atoms with Gasteiger partial charge in [-0.1, -0.05) is 78.3 Å². The first-order valence-electron chi connectivity index (χ1n) is 12.0. The number of hydrogen-bond acceptors (Lipinski definition) is 3. The van der Waals surface area contributed by atoms with Crippen molar-refractivity contribution in [2.75, 3.05) is 18.4 Å². The van der Waals surface area contributed by atoms with Gasteiger partial charge in [-0.05, 0) is 35.7 Å². The summed E-state index contributed by atoms with van der Waals surface area (Å²) in [6.45, 7) is 1.65. The van der Waals surface area contributed by atoms with Crippen LogP contribution >= 0.6 is 11.6 Å². The number of carbonyl (C=O) groups is 2. The van der Waals surface area contributed by atoms with E-state index in [1.807, 2.05) is 58.3 Å². The molecule has 2 aliphatic rings. The molecule has 3 amide bonds. The van der Waals surface area contributed by atoms with Crippen LogP contribution in [0.5, 0.6) is 0 Å². The lowest BCUT2D eigenvalue weighted by Gasteiger charge is -2.44. The number of halogens is 1. The van der Waals surface area contributed by atoms with Gasteiger partial charge < -0.3 is 15.1 Å². The summed E-state index contributed by atoms with van der Waals surface area (Å²) < 4.78 is 0. The maximum absolute atomic E-state index is 13.6. The Balaban J connectivity index is 1.31. The van der Waals surface area contributed by atoms with Crippen molar-refractivity contribution in [2.45, 2.75) is 37.5 Å². The van der Waals surface area contributed by atoms with Gasteiger partial charge >= 0.3 is 6.03 Å². The Hall–Kier alpha value is -3.35. The van der Waals surface area contributed by atoms with E-state index < -0.39 is 5.66 Å². The Morgan fingerprint density at radius 2 is 1.60 bits per heavy atom. The zero-order chi connectivity index (χ0) is 24.3. The molecule has 2 aliphatic heterocycles. The van der Waals surface area contributed by atoms with E-state index in [-0.39, 0.29) is 18.0 Å². The molecule has 0 saturated carbocycles. The van der Waals surface area contributed by atoms with Crippen molar-refractivity contribution in [3.8, 4) is 0 Å². The molecule has 1 spiro atoms. The Labute approximate surface area is 210 Å². The van der Waals surface area contributed by atoms with E-state index in [0.29, 0.717) is 49.6 Å². The summed E-state index contributed by atoms with van der Waals surface area (Å²) >= 11 is 6.05. The number of benzene rings is 3. The second-order valence-corrected chi connectivity index (χ2v) is 9.69. The van der Waals surface area contributed by atoms with Crippen LogP contribution in [-0.4, -0.2) is 46.5 Å². The van der Waals surface area contributed by atoms with Crippen molar-refractivity contribution in [3.63, 3.8) is 0 Å². The lowest BCUT2D eigenvalue weighted by molar-refractivity contribution is -0.134. The Morgan fingerprint density at radius 3 is 2.26 bits per heavy atom. The predicted octanol–water partition coefficient (Wildman–Crippen LogP) is 4.91. The minimum Gasteiger partial charge on any atom is -0.324 e. The average Bonchev–Trinajstić information content (AvgIpc) is 3.11. The van der Waals surface area contributed by atoms with Gasteiger partial charge in [-0.25, -0.2) is 4.79 Å². The summed E-state index contributed by atoms with van der Waals surface area (Å²) in [7, 11) is 0. The summed E-state index contributed by atoms with van der Waals surface area (Å²) in [4.78, 5) is 30.3. The Morgan fingerprint density at radius 1 is 0.943 bits per heavy atom. The number of rotatable bonds is 5. The van der Waals surface area contributed by atoms with Crippen molar-refractivity contribution in [3.05, 3.63) is 101 Å². The van der Waals surface area contributed by atoms with E-state index in [9.17, 15) is 9.59 Å². The SMILES string of the molecule is O=C(Nc1cccc(Cl)c1)N1CCC2(CC1)NC(Cc1ccccc1)C(=O)N2Cc1ccccc1. The molecule has 3 aromatic rings. The van der Waals surface area contributed by atoms with Crippen LogP contribution in [-0.2, 0) is 17.8 Å². The largest absolute Gasteiger partial charge is 0.324 e. The summed E-state index contributed by atoms with van der Waals surface area (Å²) in [6.07, 6.45) is 1.98. The summed E-state index contributed by atoms with van der Waals surface area (Å²) in [5.41, 5.74) is 2.43. The van der Waals surface area contributed by atoms with E-state index in [4.69, 9.17) is 11.6 Å². The van der Waals surface area contributed by atoms with Gasteiger partial charge in [0.1, 0.15) is 0 Å². The average molecular weight is 489 g/mol. The third kappa shape index (κ3) is 5.19. The Bertz CT molecular complexity index is 1180. The second kappa shape index (κ2) is 10.1. The van der Waals surface area contributed by atoms with Gasteiger partial charge in [-0.15, -0.1) is 0 Å². The van der Waals surface area contributed by atoms with E-state index >= 15 is 0 Å². The number of hydrogen-bond donors (Lipinski definition) is 2. The van der Waals surface area contributed by atoms with Crippen LogP contribution in [0.1, 0.15) is 24.0 Å². The van der Waals surface area contributed by atoms with Crippen LogP contribution in [0.2, 0.25) is 5.02 Å². The highest BCUT2D eigenvalue weighted by atomic mass is 35.5. The highest BCUT2D eigenvalue weighted by molar-refractivity contribution is 6.30. The number of nitrogens with one attached hydrogen (secondary N) is 2. The summed E-state index contributed by atoms with van der Waals surface area (Å²) in [5, 5.41) is 7.21. The molecule has 2 N–H and O–H groups in total. The van der Waals surface area contributed by atoms with Crippen LogP contribution in [0.4, 0.5) is 10.5 Å². The van der Waals surface area contributed by atoms with Gasteiger partial charge in [0.2, 0.25) is 5.91 Å². The molecule has 0 aliphatic carbocycles. The van der Waals surface area contributed by atoms with Crippen molar-refractivity contribution in [1.29, 1.82) is 0 Å². The van der Waals surface area contributed by atoms with Crippen LogP contribution in [0.25, 0.3) is 0 Å². The first-order valence-corrected chi connectivity index (χ1v) is 12.4. The fourth-order valence-electron chi connectivity index (χ4n) is 5.11. The molecule has 35 heavy (non-hydrogen) atoms. The molecule has 7 heteroatoms. The van der Waals surface area contributed by atoms with Gasteiger partial charge in [0.05, 0.1) is 11.7 Å². The van der Waals surface area contributed by atoms with Crippen molar-refractivity contribution in [2.24, 2.45) is 0 Å². The van der Waals surface area contributed by atoms with Crippen molar-refractivity contribution >= 4 is 29.2 Å². The molecule has 3 aromatic carbocycles. The van der Waals surface area contributed by atoms with Crippen molar-refractivity contribution in [1.82, 2.24) is 15.1 Å². The fraction of sp³-hybridized carbons (Fsp3) is 0.286. The smallest absolute Gasteiger partial charge is 0.321 e. The standard InChI is InChI=1S/C28H29ClN4O2/c29-23-12-7-13-24(19-23)30-27(35)32-16-14-28(15-17-32)31-25(18-21-8-3-1-4-9-21)26(34)33(28)20-22-10-5-2-6-11-22/h1-13,19,25,31H,14-18,20H2,(H,30,35). The molecule has 0 aromatic heterocycles. The summed E-state index contributed by atoms with van der Waals surface area (Å²) in [6, 6.07) is 26.9. The zero-order valence-corrected chi connectivity index (χ0v) is 20.2. The van der Waals surface area contributed by atoms with E-state index in [2.05, 4.69) is 34.9 Å². The molecular formula is C28H29ClN4O2. The lowest BCUT2D eigenvalue weighted by atomic mass is 9.95. The quantitative estimate of drug-likeness (QED) is 0.536. The Kier molecular flexibility index (Phi) is 6.75. The number of anilines is 1. The molecule has 1 unspecified atom stereocenters. The number of carbonyl (C=O) groups excluding carboxylic acids is 2. The maximum atomic E-state index is 13.6. The van der Waals surface area contributed by atoms with E-state index in [1.165, 1.54) is 0 Å². The van der Waals surface area contributed by atoms with Crippen LogP contribution in [0.15, 0.2) is 84.9 Å². The number of amides is 3. The molecule has 2 fully saturated rings. The molecule has 0 bridgehead atoms. The van der Waals surface area contributed by atoms with Crippen LogP contribution in [0, 0.1) is 0 Å². The summed E-state index contributed by atoms with van der Waals surface area (Å²) in [5.74, 6) is 0.120. The van der Waals surface area contributed by atoms with Gasteiger partial charge in [0.15, 0.2) is 0 Å². The fourth-order valence-corrected chi connectivity index (χ4v) is 5.30. The van der Waals surface area contributed by atoms with Gasteiger partial charge in [-0.2, -0.15) is 0 Å². The minimum absolute atomic E-state index is 0.120. The molecule has 6 nitrogen and oxygen atoms in total. The molecule has 2 heterocycles. The highest BCUT2D eigenvalue weighted by Crippen LogP contribution is 2.35. The predicted molar refractivity (Wildman–Crippen MR) is 138 cm³/mol. The molecule has 180 valence electrons. The maximum Gasteiger partial charge on any atom is 0.321 e. The van der Waals surface area contributed by atoms with Gasteiger partial charge in [0, 0.05) is 43.2 Å².